The average molecular weight is 373 g/mol. The Labute approximate surface area is 150 Å². The Balaban J connectivity index is 2.38. The number of methoxy groups -OCH3 is 1. The quantitative estimate of drug-likeness (QED) is 0.470. The van der Waals surface area contributed by atoms with Crippen LogP contribution in [0.25, 0.3) is 6.08 Å². The minimum atomic E-state index is -4.06. The first-order chi connectivity index (χ1) is 12.3. The summed E-state index contributed by atoms with van der Waals surface area (Å²) in [5.41, 5.74) is 0.790. The minimum absolute atomic E-state index is 0.00762. The fourth-order valence-corrected chi connectivity index (χ4v) is 2.96. The molecule has 0 radical (unpaired) electrons. The summed E-state index contributed by atoms with van der Waals surface area (Å²) in [6.45, 7) is 1.83. The van der Waals surface area contributed by atoms with Gasteiger partial charge in [-0.3, -0.25) is 0 Å². The van der Waals surface area contributed by atoms with Crippen molar-refractivity contribution in [2.45, 2.75) is 11.8 Å². The third-order valence-corrected chi connectivity index (χ3v) is 4.61. The van der Waals surface area contributed by atoms with Crippen molar-refractivity contribution in [2.24, 2.45) is 0 Å². The fraction of sp³-hybridized carbons (Fsp3) is 0.111. The molecule has 26 heavy (non-hydrogen) atoms. The second kappa shape index (κ2) is 7.72. The normalized spacial score (nSPS) is 11.5. The lowest BCUT2D eigenvalue weighted by Gasteiger charge is -2.11. The smallest absolute Gasteiger partial charge is 0.346 e. The molecule has 8 heteroatoms. The zero-order chi connectivity index (χ0) is 19.3. The van der Waals surface area contributed by atoms with E-state index in [2.05, 4.69) is 0 Å². The van der Waals surface area contributed by atoms with Crippen LogP contribution in [0.2, 0.25) is 0 Å². The van der Waals surface area contributed by atoms with E-state index in [1.165, 1.54) is 37.4 Å². The molecule has 0 spiro atoms. The number of ether oxygens (including phenoxy) is 1. The number of hydrogen-bond acceptors (Lipinski definition) is 6. The van der Waals surface area contributed by atoms with E-state index < -0.39 is 21.7 Å². The van der Waals surface area contributed by atoms with Gasteiger partial charge in [0.2, 0.25) is 0 Å². The van der Waals surface area contributed by atoms with Crippen LogP contribution >= 0.6 is 0 Å². The summed E-state index contributed by atoms with van der Waals surface area (Å²) < 4.78 is 35.0. The van der Waals surface area contributed by atoms with E-state index in [1.807, 2.05) is 6.92 Å². The standard InChI is InChI=1S/C18H15NO6S/c1-12-3-6-15(7-4-12)26(22,23)25-16-8-5-13(10-17(16)24-2)9-14(11-19)18(20)21/h3-10H,1-2H3,(H,20,21)/b14-9+. The number of aliphatic carboxylic acids is 1. The zero-order valence-corrected chi connectivity index (χ0v) is 14.8. The number of nitrogens with zero attached hydrogens (tertiary/aromatic N) is 1. The molecule has 0 atom stereocenters. The maximum Gasteiger partial charge on any atom is 0.346 e. The molecule has 7 nitrogen and oxygen atoms in total. The lowest BCUT2D eigenvalue weighted by Crippen LogP contribution is -2.10. The van der Waals surface area contributed by atoms with Gasteiger partial charge in [-0.15, -0.1) is 0 Å². The molecular formula is C18H15NO6S. The molecule has 0 aliphatic heterocycles. The van der Waals surface area contributed by atoms with E-state index in [0.717, 1.165) is 11.6 Å². The predicted molar refractivity (Wildman–Crippen MR) is 93.2 cm³/mol. The molecule has 134 valence electrons. The van der Waals surface area contributed by atoms with E-state index in [4.69, 9.17) is 19.3 Å². The summed E-state index contributed by atoms with van der Waals surface area (Å²) >= 11 is 0. The van der Waals surface area contributed by atoms with Crippen molar-refractivity contribution < 1.29 is 27.2 Å². The largest absolute Gasteiger partial charge is 0.493 e. The number of benzene rings is 2. The fourth-order valence-electron chi connectivity index (χ4n) is 2.02. The van der Waals surface area contributed by atoms with Gasteiger partial charge in [-0.05, 0) is 42.8 Å². The first-order valence-corrected chi connectivity index (χ1v) is 8.72. The van der Waals surface area contributed by atoms with Gasteiger partial charge in [0.25, 0.3) is 0 Å². The number of carboxylic acid groups (broad SMARTS) is 1. The molecule has 0 unspecified atom stereocenters. The summed E-state index contributed by atoms with van der Waals surface area (Å²) in [7, 11) is -2.74. The minimum Gasteiger partial charge on any atom is -0.493 e. The molecule has 0 aliphatic rings. The summed E-state index contributed by atoms with van der Waals surface area (Å²) in [6.07, 6.45) is 1.14. The van der Waals surface area contributed by atoms with Crippen LogP contribution in [0.3, 0.4) is 0 Å². The van der Waals surface area contributed by atoms with Crippen LogP contribution in [-0.2, 0) is 14.9 Å². The van der Waals surface area contributed by atoms with E-state index in [9.17, 15) is 13.2 Å². The molecule has 0 saturated carbocycles. The molecule has 0 aliphatic carbocycles. The Kier molecular flexibility index (Phi) is 5.64. The lowest BCUT2D eigenvalue weighted by atomic mass is 10.1. The van der Waals surface area contributed by atoms with Crippen LogP contribution < -0.4 is 8.92 Å². The molecular weight excluding hydrogens is 358 g/mol. The van der Waals surface area contributed by atoms with Gasteiger partial charge in [0, 0.05) is 0 Å². The third-order valence-electron chi connectivity index (χ3n) is 3.36. The molecule has 0 amide bonds. The Bertz CT molecular complexity index is 1000. The van der Waals surface area contributed by atoms with Crippen LogP contribution in [0.1, 0.15) is 11.1 Å². The lowest BCUT2D eigenvalue weighted by molar-refractivity contribution is -0.132. The van der Waals surface area contributed by atoms with Gasteiger partial charge >= 0.3 is 16.1 Å². The summed E-state index contributed by atoms with van der Waals surface area (Å²) in [6, 6.07) is 11.8. The Morgan fingerprint density at radius 1 is 1.15 bits per heavy atom. The van der Waals surface area contributed by atoms with Gasteiger partial charge in [-0.1, -0.05) is 23.8 Å². The van der Waals surface area contributed by atoms with E-state index in [-0.39, 0.29) is 16.4 Å². The first kappa shape index (κ1) is 19.0. The van der Waals surface area contributed by atoms with Crippen molar-refractivity contribution in [3.05, 3.63) is 59.2 Å². The van der Waals surface area contributed by atoms with Gasteiger partial charge in [-0.2, -0.15) is 13.7 Å². The molecule has 0 aromatic heterocycles. The number of carbonyl (C=O) groups is 1. The maximum absolute atomic E-state index is 12.4. The number of aryl methyl sites for hydroxylation is 1. The highest BCUT2D eigenvalue weighted by atomic mass is 32.2. The topological polar surface area (TPSA) is 114 Å². The predicted octanol–water partition coefficient (Wildman–Crippen LogP) is 2.76. The van der Waals surface area contributed by atoms with Gasteiger partial charge in [0.1, 0.15) is 16.5 Å². The second-order valence-corrected chi connectivity index (χ2v) is 6.78. The highest BCUT2D eigenvalue weighted by Crippen LogP contribution is 2.31. The summed E-state index contributed by atoms with van der Waals surface area (Å²) in [5, 5.41) is 17.7. The van der Waals surface area contributed by atoms with Crippen LogP contribution in [0, 0.1) is 18.3 Å². The molecule has 0 saturated heterocycles. The SMILES string of the molecule is COc1cc(/C=C(\C#N)C(=O)O)ccc1OS(=O)(=O)c1ccc(C)cc1. The van der Waals surface area contributed by atoms with Crippen LogP contribution in [-0.4, -0.2) is 26.6 Å². The molecule has 0 fully saturated rings. The van der Waals surface area contributed by atoms with Gasteiger partial charge in [-0.25, -0.2) is 4.79 Å². The van der Waals surface area contributed by atoms with Crippen LogP contribution in [0.5, 0.6) is 11.5 Å². The highest BCUT2D eigenvalue weighted by Gasteiger charge is 2.19. The van der Waals surface area contributed by atoms with E-state index in [1.54, 1.807) is 18.2 Å². The number of rotatable bonds is 6. The van der Waals surface area contributed by atoms with E-state index in [0.29, 0.717) is 5.56 Å². The molecule has 2 aromatic carbocycles. The Morgan fingerprint density at radius 3 is 2.35 bits per heavy atom. The third kappa shape index (κ3) is 4.40. The van der Waals surface area contributed by atoms with Crippen LogP contribution in [0.15, 0.2) is 52.9 Å². The average Bonchev–Trinajstić information content (AvgIpc) is 2.60. The van der Waals surface area contributed by atoms with Gasteiger partial charge in [0.05, 0.1) is 7.11 Å². The molecule has 1 N–H and O–H groups in total. The van der Waals surface area contributed by atoms with E-state index >= 15 is 0 Å². The Hall–Kier alpha value is -3.31. The summed E-state index contributed by atoms with van der Waals surface area (Å²) in [5.74, 6) is -1.34. The van der Waals surface area contributed by atoms with Crippen molar-refractivity contribution in [1.82, 2.24) is 0 Å². The summed E-state index contributed by atoms with van der Waals surface area (Å²) in [4.78, 5) is 10.9. The number of carboxylic acids is 1. The molecule has 2 rings (SSSR count). The first-order valence-electron chi connectivity index (χ1n) is 7.31. The van der Waals surface area contributed by atoms with Crippen molar-refractivity contribution in [2.75, 3.05) is 7.11 Å². The molecule has 2 aromatic rings. The molecule has 0 heterocycles. The Morgan fingerprint density at radius 2 is 1.81 bits per heavy atom. The van der Waals surface area contributed by atoms with Gasteiger partial charge < -0.3 is 14.0 Å². The van der Waals surface area contributed by atoms with Crippen molar-refractivity contribution >= 4 is 22.2 Å². The van der Waals surface area contributed by atoms with Crippen molar-refractivity contribution in [3.63, 3.8) is 0 Å². The highest BCUT2D eigenvalue weighted by molar-refractivity contribution is 7.87. The molecule has 0 bridgehead atoms. The van der Waals surface area contributed by atoms with Gasteiger partial charge in [0.15, 0.2) is 11.5 Å². The maximum atomic E-state index is 12.4. The van der Waals surface area contributed by atoms with Crippen LogP contribution in [0.4, 0.5) is 0 Å². The number of nitriles is 1. The zero-order valence-electron chi connectivity index (χ0n) is 14.0. The monoisotopic (exact) mass is 373 g/mol. The second-order valence-electron chi connectivity index (χ2n) is 5.24. The van der Waals surface area contributed by atoms with Crippen molar-refractivity contribution in [3.8, 4) is 17.6 Å². The number of hydrogen-bond donors (Lipinski definition) is 1. The van der Waals surface area contributed by atoms with Crippen molar-refractivity contribution in [1.29, 1.82) is 5.26 Å².